The Hall–Kier alpha value is -3.13. The predicted octanol–water partition coefficient (Wildman–Crippen LogP) is 4.34. The lowest BCUT2D eigenvalue weighted by atomic mass is 10.0. The van der Waals surface area contributed by atoms with Crippen molar-refractivity contribution in [3.05, 3.63) is 72.6 Å². The van der Waals surface area contributed by atoms with Gasteiger partial charge in [0.25, 0.3) is 5.91 Å². The van der Waals surface area contributed by atoms with Crippen LogP contribution < -0.4 is 5.32 Å². The minimum atomic E-state index is -4.39. The smallest absolute Gasteiger partial charge is 0.350 e. The van der Waals surface area contributed by atoms with Crippen LogP contribution in [0.5, 0.6) is 0 Å². The van der Waals surface area contributed by atoms with Gasteiger partial charge in [-0.3, -0.25) is 4.79 Å². The number of anilines is 1. The minimum absolute atomic E-state index is 0.342. The van der Waals surface area contributed by atoms with Crippen LogP contribution in [0.15, 0.2) is 67.0 Å². The molecule has 0 saturated heterocycles. The molecule has 1 aromatic heterocycles. The van der Waals surface area contributed by atoms with Crippen molar-refractivity contribution in [2.45, 2.75) is 12.9 Å². The standard InChI is InChI=1S/C19H16F3N3O2/c20-19(21,22)12-27-13-25-11-17(10-23-25)24-18(26)16-8-6-15(7-9-16)14-4-2-1-3-5-14/h1-11H,12-13H2,(H,24,26). The van der Waals surface area contributed by atoms with E-state index < -0.39 is 12.8 Å². The molecule has 140 valence electrons. The first-order chi connectivity index (χ1) is 12.9. The van der Waals surface area contributed by atoms with E-state index in [4.69, 9.17) is 0 Å². The van der Waals surface area contributed by atoms with Crippen LogP contribution in [0, 0.1) is 0 Å². The highest BCUT2D eigenvalue weighted by atomic mass is 19.4. The molecule has 3 rings (SSSR count). The number of amides is 1. The van der Waals surface area contributed by atoms with Crippen molar-refractivity contribution in [1.29, 1.82) is 0 Å². The first-order valence-corrected chi connectivity index (χ1v) is 8.04. The average molecular weight is 375 g/mol. The van der Waals surface area contributed by atoms with Gasteiger partial charge in [0.1, 0.15) is 13.3 Å². The third kappa shape index (κ3) is 5.42. The molecule has 0 aliphatic heterocycles. The summed E-state index contributed by atoms with van der Waals surface area (Å²) in [6.07, 6.45) is -1.66. The van der Waals surface area contributed by atoms with Gasteiger partial charge in [0.2, 0.25) is 0 Å². The van der Waals surface area contributed by atoms with Crippen LogP contribution in [0.3, 0.4) is 0 Å². The molecule has 0 fully saturated rings. The highest BCUT2D eigenvalue weighted by Crippen LogP contribution is 2.20. The molecule has 0 radical (unpaired) electrons. The number of aromatic nitrogens is 2. The Kier molecular flexibility index (Phi) is 5.56. The maximum absolute atomic E-state index is 12.3. The van der Waals surface area contributed by atoms with Gasteiger partial charge >= 0.3 is 6.18 Å². The van der Waals surface area contributed by atoms with Crippen LogP contribution in [-0.2, 0) is 11.5 Å². The number of carbonyl (C=O) groups is 1. The number of rotatable bonds is 6. The van der Waals surface area contributed by atoms with Gasteiger partial charge in [0.05, 0.1) is 18.1 Å². The summed E-state index contributed by atoms with van der Waals surface area (Å²) in [5.74, 6) is -0.342. The van der Waals surface area contributed by atoms with Crippen molar-refractivity contribution in [2.24, 2.45) is 0 Å². The molecule has 1 N–H and O–H groups in total. The topological polar surface area (TPSA) is 56.2 Å². The van der Waals surface area contributed by atoms with Crippen molar-refractivity contribution >= 4 is 11.6 Å². The fourth-order valence-corrected chi connectivity index (χ4v) is 2.40. The minimum Gasteiger partial charge on any atom is -0.350 e. The summed E-state index contributed by atoms with van der Waals surface area (Å²) in [5, 5.41) is 6.49. The molecule has 2 aromatic carbocycles. The number of carbonyl (C=O) groups excluding carboxylic acids is 1. The van der Waals surface area contributed by atoms with Crippen LogP contribution in [-0.4, -0.2) is 28.5 Å². The van der Waals surface area contributed by atoms with Gasteiger partial charge in [-0.15, -0.1) is 0 Å². The predicted molar refractivity (Wildman–Crippen MR) is 94.1 cm³/mol. The van der Waals surface area contributed by atoms with Crippen molar-refractivity contribution in [3.63, 3.8) is 0 Å². The fraction of sp³-hybridized carbons (Fsp3) is 0.158. The number of hydrogen-bond donors (Lipinski definition) is 1. The molecule has 0 saturated carbocycles. The summed E-state index contributed by atoms with van der Waals surface area (Å²) >= 11 is 0. The molecule has 0 unspecified atom stereocenters. The number of nitrogens with one attached hydrogen (secondary N) is 1. The van der Waals surface area contributed by atoms with Crippen molar-refractivity contribution in [1.82, 2.24) is 9.78 Å². The summed E-state index contributed by atoms with van der Waals surface area (Å²) in [4.78, 5) is 12.3. The van der Waals surface area contributed by atoms with Crippen LogP contribution >= 0.6 is 0 Å². The fourth-order valence-electron chi connectivity index (χ4n) is 2.40. The molecule has 0 aliphatic carbocycles. The van der Waals surface area contributed by atoms with Crippen LogP contribution in [0.1, 0.15) is 10.4 Å². The van der Waals surface area contributed by atoms with E-state index in [0.717, 1.165) is 11.1 Å². The SMILES string of the molecule is O=C(Nc1cnn(COCC(F)(F)F)c1)c1ccc(-c2ccccc2)cc1. The number of nitrogens with zero attached hydrogens (tertiary/aromatic N) is 2. The second-order valence-corrected chi connectivity index (χ2v) is 5.76. The molecule has 3 aromatic rings. The van der Waals surface area contributed by atoms with E-state index in [1.54, 1.807) is 12.1 Å². The van der Waals surface area contributed by atoms with Crippen molar-refractivity contribution in [2.75, 3.05) is 11.9 Å². The van der Waals surface area contributed by atoms with Crippen LogP contribution in [0.2, 0.25) is 0 Å². The first-order valence-electron chi connectivity index (χ1n) is 8.04. The Morgan fingerprint density at radius 2 is 1.70 bits per heavy atom. The number of benzene rings is 2. The zero-order chi connectivity index (χ0) is 19.3. The Balaban J connectivity index is 1.57. The third-order valence-corrected chi connectivity index (χ3v) is 3.63. The van der Waals surface area contributed by atoms with Gasteiger partial charge in [-0.05, 0) is 23.3 Å². The summed E-state index contributed by atoms with van der Waals surface area (Å²) < 4.78 is 41.8. The van der Waals surface area contributed by atoms with Crippen LogP contribution in [0.4, 0.5) is 18.9 Å². The molecule has 0 bridgehead atoms. The van der Waals surface area contributed by atoms with E-state index in [0.29, 0.717) is 11.3 Å². The largest absolute Gasteiger partial charge is 0.411 e. The lowest BCUT2D eigenvalue weighted by Gasteiger charge is -2.07. The quantitative estimate of drug-likeness (QED) is 0.697. The van der Waals surface area contributed by atoms with Crippen molar-refractivity contribution in [3.8, 4) is 11.1 Å². The zero-order valence-electron chi connectivity index (χ0n) is 14.1. The number of hydrogen-bond acceptors (Lipinski definition) is 3. The molecule has 27 heavy (non-hydrogen) atoms. The van der Waals surface area contributed by atoms with Crippen molar-refractivity contribution < 1.29 is 22.7 Å². The Morgan fingerprint density at radius 3 is 2.37 bits per heavy atom. The highest BCUT2D eigenvalue weighted by molar-refractivity contribution is 6.04. The second-order valence-electron chi connectivity index (χ2n) is 5.76. The lowest BCUT2D eigenvalue weighted by molar-refractivity contribution is -0.182. The average Bonchev–Trinajstić information content (AvgIpc) is 3.09. The molecular weight excluding hydrogens is 359 g/mol. The molecule has 8 heteroatoms. The van der Waals surface area contributed by atoms with E-state index >= 15 is 0 Å². The summed E-state index contributed by atoms with van der Waals surface area (Å²) in [6, 6.07) is 16.9. The Bertz CT molecular complexity index is 891. The van der Waals surface area contributed by atoms with Crippen LogP contribution in [0.25, 0.3) is 11.1 Å². The van der Waals surface area contributed by atoms with E-state index in [2.05, 4.69) is 15.2 Å². The second kappa shape index (κ2) is 8.05. The summed E-state index contributed by atoms with van der Waals surface area (Å²) in [5.41, 5.74) is 2.85. The van der Waals surface area contributed by atoms with E-state index in [1.165, 1.54) is 17.1 Å². The van der Waals surface area contributed by atoms with Gasteiger partial charge in [-0.25, -0.2) is 4.68 Å². The van der Waals surface area contributed by atoms with Gasteiger partial charge in [-0.1, -0.05) is 42.5 Å². The highest BCUT2D eigenvalue weighted by Gasteiger charge is 2.27. The van der Waals surface area contributed by atoms with Gasteiger partial charge in [0.15, 0.2) is 0 Å². The van der Waals surface area contributed by atoms with E-state index in [9.17, 15) is 18.0 Å². The molecule has 1 amide bonds. The zero-order valence-corrected chi connectivity index (χ0v) is 14.1. The maximum atomic E-state index is 12.3. The van der Waals surface area contributed by atoms with Gasteiger partial charge < -0.3 is 10.1 Å². The van der Waals surface area contributed by atoms with Gasteiger partial charge in [-0.2, -0.15) is 18.3 Å². The number of ether oxygens (including phenoxy) is 1. The van der Waals surface area contributed by atoms with E-state index in [-0.39, 0.29) is 12.6 Å². The normalized spacial score (nSPS) is 11.4. The monoisotopic (exact) mass is 375 g/mol. The summed E-state index contributed by atoms with van der Waals surface area (Å²) in [6.45, 7) is -1.72. The summed E-state index contributed by atoms with van der Waals surface area (Å²) in [7, 11) is 0. The molecule has 0 aliphatic rings. The molecule has 0 spiro atoms. The first kappa shape index (κ1) is 18.7. The molecular formula is C19H16F3N3O2. The molecule has 1 heterocycles. The van der Waals surface area contributed by atoms with E-state index in [1.807, 2.05) is 42.5 Å². The Labute approximate surface area is 153 Å². The third-order valence-electron chi connectivity index (χ3n) is 3.63. The Morgan fingerprint density at radius 1 is 1.04 bits per heavy atom. The van der Waals surface area contributed by atoms with Gasteiger partial charge in [0, 0.05) is 5.56 Å². The molecule has 0 atom stereocenters. The maximum Gasteiger partial charge on any atom is 0.411 e. The number of alkyl halides is 3. The lowest BCUT2D eigenvalue weighted by Crippen LogP contribution is -2.18. The molecule has 5 nitrogen and oxygen atoms in total. The number of halogens is 3.